The molecule has 1 aliphatic carbocycles. The molecule has 2 N–H and O–H groups in total. The highest BCUT2D eigenvalue weighted by Crippen LogP contribution is 2.38. The van der Waals surface area contributed by atoms with Crippen molar-refractivity contribution in [3.63, 3.8) is 0 Å². The minimum atomic E-state index is -0.834. The largest absolute Gasteiger partial charge is 0.464 e. The third kappa shape index (κ3) is 3.15. The van der Waals surface area contributed by atoms with Crippen molar-refractivity contribution in [3.05, 3.63) is 23.7 Å². The zero-order chi connectivity index (χ0) is 18.2. The van der Waals surface area contributed by atoms with Crippen molar-refractivity contribution >= 4 is 17.8 Å². The minimum Gasteiger partial charge on any atom is -0.464 e. The van der Waals surface area contributed by atoms with E-state index in [2.05, 4.69) is 10.6 Å². The van der Waals surface area contributed by atoms with E-state index in [1.165, 1.54) is 0 Å². The molecule has 0 bridgehead atoms. The van der Waals surface area contributed by atoms with E-state index in [1.54, 1.807) is 13.0 Å². The molecule has 1 spiro atoms. The Labute approximate surface area is 147 Å². The fourth-order valence-electron chi connectivity index (χ4n) is 3.83. The summed E-state index contributed by atoms with van der Waals surface area (Å²) >= 11 is 0. The second-order valence-electron chi connectivity index (χ2n) is 7.18. The molecule has 4 amide bonds. The molecule has 2 heterocycles. The van der Waals surface area contributed by atoms with Crippen LogP contribution < -0.4 is 10.6 Å². The molecule has 3 unspecified atom stereocenters. The molecule has 2 aliphatic rings. The normalized spacial score (nSPS) is 27.5. The van der Waals surface area contributed by atoms with Gasteiger partial charge in [0, 0.05) is 0 Å². The van der Waals surface area contributed by atoms with Crippen LogP contribution in [0.2, 0.25) is 0 Å². The van der Waals surface area contributed by atoms with Gasteiger partial charge in [0.1, 0.15) is 23.6 Å². The number of nitrogens with one attached hydrogen (secondary N) is 2. The number of aryl methyl sites for hydroxylation is 1. The van der Waals surface area contributed by atoms with E-state index in [1.807, 2.05) is 19.9 Å². The quantitative estimate of drug-likeness (QED) is 0.817. The van der Waals surface area contributed by atoms with Crippen molar-refractivity contribution in [3.8, 4) is 0 Å². The van der Waals surface area contributed by atoms with Crippen LogP contribution in [-0.4, -0.2) is 34.8 Å². The zero-order valence-corrected chi connectivity index (χ0v) is 14.9. The van der Waals surface area contributed by atoms with Gasteiger partial charge in [0.25, 0.3) is 5.91 Å². The maximum absolute atomic E-state index is 12.8. The summed E-state index contributed by atoms with van der Waals surface area (Å²) in [6.07, 6.45) is 3.51. The second-order valence-corrected chi connectivity index (χ2v) is 7.18. The van der Waals surface area contributed by atoms with E-state index in [0.29, 0.717) is 12.2 Å². The van der Waals surface area contributed by atoms with Gasteiger partial charge in [0.05, 0.1) is 6.04 Å². The van der Waals surface area contributed by atoms with Gasteiger partial charge < -0.3 is 15.1 Å². The van der Waals surface area contributed by atoms with Gasteiger partial charge in [-0.05, 0) is 44.7 Å². The standard InChI is InChI=1S/C18H25N3O4/c1-11-6-4-5-9-18(11)16(23)21(17(24)20-18)10-15(22)19-13(3)14-8-7-12(2)25-14/h7-8,11,13H,4-6,9-10H2,1-3H3,(H,19,22)(H,20,24). The first-order chi connectivity index (χ1) is 11.8. The molecule has 7 nitrogen and oxygen atoms in total. The summed E-state index contributed by atoms with van der Waals surface area (Å²) in [5, 5.41) is 5.62. The number of carbonyl (C=O) groups excluding carboxylic acids is 3. The van der Waals surface area contributed by atoms with Crippen molar-refractivity contribution < 1.29 is 18.8 Å². The van der Waals surface area contributed by atoms with E-state index in [-0.39, 0.29) is 30.3 Å². The van der Waals surface area contributed by atoms with E-state index in [9.17, 15) is 14.4 Å². The van der Waals surface area contributed by atoms with Crippen LogP contribution in [0, 0.1) is 12.8 Å². The lowest BCUT2D eigenvalue weighted by molar-refractivity contribution is -0.137. The monoisotopic (exact) mass is 347 g/mol. The molecule has 25 heavy (non-hydrogen) atoms. The Bertz CT molecular complexity index is 698. The van der Waals surface area contributed by atoms with E-state index >= 15 is 0 Å². The van der Waals surface area contributed by atoms with Crippen LogP contribution in [0.25, 0.3) is 0 Å². The van der Waals surface area contributed by atoms with Crippen LogP contribution in [0.5, 0.6) is 0 Å². The number of amides is 4. The summed E-state index contributed by atoms with van der Waals surface area (Å²) in [5.74, 6) is 0.821. The lowest BCUT2D eigenvalue weighted by Gasteiger charge is -2.36. The molecule has 7 heteroatoms. The Morgan fingerprint density at radius 2 is 2.20 bits per heavy atom. The van der Waals surface area contributed by atoms with Gasteiger partial charge in [-0.25, -0.2) is 4.79 Å². The van der Waals surface area contributed by atoms with Crippen molar-refractivity contribution in [2.45, 2.75) is 58.0 Å². The molecule has 1 saturated heterocycles. The topological polar surface area (TPSA) is 91.7 Å². The van der Waals surface area contributed by atoms with Crippen LogP contribution >= 0.6 is 0 Å². The van der Waals surface area contributed by atoms with Crippen LogP contribution in [0.15, 0.2) is 16.5 Å². The zero-order valence-electron chi connectivity index (χ0n) is 14.9. The summed E-state index contributed by atoms with van der Waals surface area (Å²) in [7, 11) is 0. The molecular formula is C18H25N3O4. The predicted molar refractivity (Wildman–Crippen MR) is 90.6 cm³/mol. The number of rotatable bonds is 4. The van der Waals surface area contributed by atoms with E-state index < -0.39 is 11.6 Å². The first-order valence-electron chi connectivity index (χ1n) is 8.83. The summed E-state index contributed by atoms with van der Waals surface area (Å²) in [4.78, 5) is 38.5. The SMILES string of the molecule is Cc1ccc(C(C)NC(=O)CN2C(=O)NC3(CCCCC3C)C2=O)o1. The Morgan fingerprint density at radius 3 is 2.84 bits per heavy atom. The molecule has 136 valence electrons. The smallest absolute Gasteiger partial charge is 0.325 e. The fraction of sp³-hybridized carbons (Fsp3) is 0.611. The van der Waals surface area contributed by atoms with Crippen molar-refractivity contribution in [1.82, 2.24) is 15.5 Å². The van der Waals surface area contributed by atoms with Gasteiger partial charge >= 0.3 is 6.03 Å². The molecule has 1 aromatic heterocycles. The Kier molecular flexibility index (Phi) is 4.58. The highest BCUT2D eigenvalue weighted by atomic mass is 16.3. The average Bonchev–Trinajstić information content (AvgIpc) is 3.09. The van der Waals surface area contributed by atoms with E-state index in [4.69, 9.17) is 4.42 Å². The van der Waals surface area contributed by atoms with Crippen molar-refractivity contribution in [2.75, 3.05) is 6.54 Å². The molecule has 1 aromatic rings. The van der Waals surface area contributed by atoms with Gasteiger partial charge in [-0.2, -0.15) is 0 Å². The average molecular weight is 347 g/mol. The van der Waals surface area contributed by atoms with Gasteiger partial charge in [0.15, 0.2) is 0 Å². The number of hydrogen-bond donors (Lipinski definition) is 2. The molecule has 1 saturated carbocycles. The summed E-state index contributed by atoms with van der Waals surface area (Å²) in [6, 6.07) is 2.82. The molecule has 2 fully saturated rings. The van der Waals surface area contributed by atoms with Crippen LogP contribution in [0.4, 0.5) is 4.79 Å². The van der Waals surface area contributed by atoms with Crippen LogP contribution in [0.3, 0.4) is 0 Å². The van der Waals surface area contributed by atoms with Gasteiger partial charge in [0.2, 0.25) is 5.91 Å². The number of urea groups is 1. The molecule has 0 aromatic carbocycles. The number of furan rings is 1. The third-order valence-electron chi connectivity index (χ3n) is 5.37. The maximum Gasteiger partial charge on any atom is 0.325 e. The van der Waals surface area contributed by atoms with Crippen LogP contribution in [0.1, 0.15) is 57.1 Å². The highest BCUT2D eigenvalue weighted by Gasteiger charge is 2.55. The highest BCUT2D eigenvalue weighted by molar-refractivity contribution is 6.09. The number of imide groups is 1. The summed E-state index contributed by atoms with van der Waals surface area (Å²) in [5.41, 5.74) is -0.834. The maximum atomic E-state index is 12.8. The molecule has 3 atom stereocenters. The van der Waals surface area contributed by atoms with Crippen molar-refractivity contribution in [2.24, 2.45) is 5.92 Å². The first-order valence-corrected chi connectivity index (χ1v) is 8.83. The van der Waals surface area contributed by atoms with Crippen LogP contribution in [-0.2, 0) is 9.59 Å². The van der Waals surface area contributed by atoms with Gasteiger partial charge in [-0.3, -0.25) is 14.5 Å². The lowest BCUT2D eigenvalue weighted by atomic mass is 9.73. The van der Waals surface area contributed by atoms with Gasteiger partial charge in [-0.15, -0.1) is 0 Å². The Morgan fingerprint density at radius 1 is 1.44 bits per heavy atom. The van der Waals surface area contributed by atoms with Gasteiger partial charge in [-0.1, -0.05) is 19.8 Å². The number of carbonyl (C=O) groups is 3. The Hall–Kier alpha value is -2.31. The van der Waals surface area contributed by atoms with Crippen molar-refractivity contribution in [1.29, 1.82) is 0 Å². The molecule has 3 rings (SSSR count). The van der Waals surface area contributed by atoms with E-state index in [0.717, 1.165) is 29.9 Å². The fourth-order valence-corrected chi connectivity index (χ4v) is 3.83. The Balaban J connectivity index is 1.65. The minimum absolute atomic E-state index is 0.0794. The predicted octanol–water partition coefficient (Wildman–Crippen LogP) is 2.27. The molecule has 1 aliphatic heterocycles. The summed E-state index contributed by atoms with van der Waals surface area (Å²) < 4.78 is 5.49. The molecular weight excluding hydrogens is 322 g/mol. The first kappa shape index (κ1) is 17.5. The second kappa shape index (κ2) is 6.54. The number of nitrogens with zero attached hydrogens (tertiary/aromatic N) is 1. The third-order valence-corrected chi connectivity index (χ3v) is 5.37. The number of hydrogen-bond acceptors (Lipinski definition) is 4. The molecule has 0 radical (unpaired) electrons. The summed E-state index contributed by atoms with van der Waals surface area (Å²) in [6.45, 7) is 5.34. The lowest BCUT2D eigenvalue weighted by Crippen LogP contribution is -2.54.